The van der Waals surface area contributed by atoms with Crippen molar-refractivity contribution in [1.29, 1.82) is 0 Å². The maximum absolute atomic E-state index is 11.9. The summed E-state index contributed by atoms with van der Waals surface area (Å²) >= 11 is 0. The monoisotopic (exact) mass is 337 g/mol. The van der Waals surface area contributed by atoms with E-state index in [9.17, 15) is 4.79 Å². The quantitative estimate of drug-likeness (QED) is 0.789. The summed E-state index contributed by atoms with van der Waals surface area (Å²) in [6, 6.07) is 0. The van der Waals surface area contributed by atoms with Crippen LogP contribution in [-0.4, -0.2) is 33.2 Å². The number of esters is 1. The molecule has 0 amide bonds. The Labute approximate surface area is 144 Å². The van der Waals surface area contributed by atoms with Gasteiger partial charge in [0.05, 0.1) is 11.2 Å². The summed E-state index contributed by atoms with van der Waals surface area (Å²) in [7, 11) is 0. The first-order valence-electron chi connectivity index (χ1n) is 8.86. The third kappa shape index (κ3) is 5.03. The van der Waals surface area contributed by atoms with Crippen molar-refractivity contribution in [2.45, 2.75) is 90.9 Å². The van der Waals surface area contributed by atoms with E-state index < -0.39 is 5.60 Å². The van der Waals surface area contributed by atoms with Gasteiger partial charge < -0.3 is 9.47 Å². The predicted molar refractivity (Wildman–Crippen MR) is 91.7 cm³/mol. The molecular formula is C18H31N3O3. The number of nitrogens with zero attached hydrogens (tertiary/aromatic N) is 3. The molecule has 6 nitrogen and oxygen atoms in total. The molecule has 0 aromatic carbocycles. The molecule has 6 heteroatoms. The zero-order valence-electron chi connectivity index (χ0n) is 15.9. The Morgan fingerprint density at radius 2 is 1.88 bits per heavy atom. The summed E-state index contributed by atoms with van der Waals surface area (Å²) in [5, 5.41) is 8.75. The number of fused-ring (bicyclic) bond motifs is 1. The molecule has 1 heterocycles. The topological polar surface area (TPSA) is 66.2 Å². The summed E-state index contributed by atoms with van der Waals surface area (Å²) in [5.74, 6) is -0.339. The van der Waals surface area contributed by atoms with E-state index in [1.165, 1.54) is 0 Å². The van der Waals surface area contributed by atoms with Gasteiger partial charge in [0.15, 0.2) is 0 Å². The zero-order chi connectivity index (χ0) is 18.0. The molecule has 0 spiro atoms. The smallest absolute Gasteiger partial charge is 0.332 e. The van der Waals surface area contributed by atoms with Gasteiger partial charge in [0.2, 0.25) is 0 Å². The number of carbonyl (C=O) groups is 1. The van der Waals surface area contributed by atoms with Gasteiger partial charge in [-0.3, -0.25) is 0 Å². The lowest BCUT2D eigenvalue weighted by molar-refractivity contribution is -0.162. The first-order valence-corrected chi connectivity index (χ1v) is 8.86. The predicted octanol–water partition coefficient (Wildman–Crippen LogP) is 3.55. The fourth-order valence-corrected chi connectivity index (χ4v) is 2.97. The summed E-state index contributed by atoms with van der Waals surface area (Å²) in [6.07, 6.45) is 4.98. The fourth-order valence-electron chi connectivity index (χ4n) is 2.97. The molecule has 1 atom stereocenters. The van der Waals surface area contributed by atoms with Gasteiger partial charge in [-0.15, -0.1) is 5.10 Å². The van der Waals surface area contributed by atoms with Gasteiger partial charge >= 0.3 is 5.97 Å². The molecule has 0 radical (unpaired) electrons. The number of hydrogen-bond donors (Lipinski definition) is 0. The van der Waals surface area contributed by atoms with Crippen LogP contribution >= 0.6 is 0 Å². The van der Waals surface area contributed by atoms with Crippen molar-refractivity contribution < 1.29 is 14.3 Å². The van der Waals surface area contributed by atoms with E-state index in [1.807, 2.05) is 25.5 Å². The van der Waals surface area contributed by atoms with E-state index in [0.717, 1.165) is 43.5 Å². The molecule has 0 fully saturated rings. The van der Waals surface area contributed by atoms with E-state index in [0.29, 0.717) is 0 Å². The SMILES string of the molecule is CC(C)(C)OC(=O)COC1CCCCCc2c1nnn2C(C)(C)C. The molecule has 1 aliphatic carbocycles. The largest absolute Gasteiger partial charge is 0.458 e. The molecule has 0 saturated heterocycles. The molecule has 2 rings (SSSR count). The fraction of sp³-hybridized carbons (Fsp3) is 0.833. The van der Waals surface area contributed by atoms with Crippen LogP contribution in [0.3, 0.4) is 0 Å². The first kappa shape index (κ1) is 18.9. The average Bonchev–Trinajstić information content (AvgIpc) is 2.79. The van der Waals surface area contributed by atoms with Crippen LogP contribution in [0.25, 0.3) is 0 Å². The Hall–Kier alpha value is -1.43. The highest BCUT2D eigenvalue weighted by atomic mass is 16.6. The summed E-state index contributed by atoms with van der Waals surface area (Å²) in [6.45, 7) is 11.9. The van der Waals surface area contributed by atoms with Gasteiger partial charge in [-0.1, -0.05) is 18.1 Å². The van der Waals surface area contributed by atoms with Crippen molar-refractivity contribution in [3.63, 3.8) is 0 Å². The lowest BCUT2D eigenvalue weighted by atomic mass is 9.97. The second-order valence-electron chi connectivity index (χ2n) is 8.49. The number of aromatic nitrogens is 3. The van der Waals surface area contributed by atoms with Crippen LogP contribution in [0.4, 0.5) is 0 Å². The average molecular weight is 337 g/mol. The maximum Gasteiger partial charge on any atom is 0.332 e. The van der Waals surface area contributed by atoms with Crippen molar-refractivity contribution in [2.75, 3.05) is 6.61 Å². The molecular weight excluding hydrogens is 306 g/mol. The van der Waals surface area contributed by atoms with Crippen molar-refractivity contribution >= 4 is 5.97 Å². The van der Waals surface area contributed by atoms with Gasteiger partial charge in [0, 0.05) is 0 Å². The Bertz CT molecular complexity index is 567. The van der Waals surface area contributed by atoms with Crippen LogP contribution in [0.1, 0.15) is 84.7 Å². The van der Waals surface area contributed by atoms with Gasteiger partial charge in [0.25, 0.3) is 0 Å². The third-order valence-corrected chi connectivity index (χ3v) is 3.94. The molecule has 0 bridgehead atoms. The Morgan fingerprint density at radius 1 is 1.17 bits per heavy atom. The number of hydrogen-bond acceptors (Lipinski definition) is 5. The number of ether oxygens (including phenoxy) is 2. The van der Waals surface area contributed by atoms with Crippen LogP contribution in [0, 0.1) is 0 Å². The Morgan fingerprint density at radius 3 is 2.50 bits per heavy atom. The second-order valence-corrected chi connectivity index (χ2v) is 8.49. The van der Waals surface area contributed by atoms with E-state index in [2.05, 4.69) is 31.1 Å². The van der Waals surface area contributed by atoms with Crippen molar-refractivity contribution in [3.05, 3.63) is 11.4 Å². The Kier molecular flexibility index (Phi) is 5.68. The van der Waals surface area contributed by atoms with Crippen LogP contribution in [0.2, 0.25) is 0 Å². The Balaban J connectivity index is 2.14. The minimum atomic E-state index is -0.498. The van der Waals surface area contributed by atoms with E-state index in [4.69, 9.17) is 9.47 Å². The highest BCUT2D eigenvalue weighted by Crippen LogP contribution is 2.31. The van der Waals surface area contributed by atoms with E-state index >= 15 is 0 Å². The minimum absolute atomic E-state index is 0.0518. The molecule has 1 aromatic rings. The molecule has 24 heavy (non-hydrogen) atoms. The van der Waals surface area contributed by atoms with Crippen LogP contribution in [-0.2, 0) is 26.2 Å². The minimum Gasteiger partial charge on any atom is -0.458 e. The molecule has 0 saturated carbocycles. The van der Waals surface area contributed by atoms with Gasteiger partial charge in [0.1, 0.15) is 24.0 Å². The molecule has 0 N–H and O–H groups in total. The maximum atomic E-state index is 11.9. The van der Waals surface area contributed by atoms with Crippen molar-refractivity contribution in [2.24, 2.45) is 0 Å². The molecule has 1 unspecified atom stereocenters. The van der Waals surface area contributed by atoms with Crippen molar-refractivity contribution in [3.8, 4) is 0 Å². The highest BCUT2D eigenvalue weighted by molar-refractivity contribution is 5.71. The summed E-state index contributed by atoms with van der Waals surface area (Å²) < 4.78 is 13.2. The molecule has 0 aliphatic heterocycles. The third-order valence-electron chi connectivity index (χ3n) is 3.94. The zero-order valence-corrected chi connectivity index (χ0v) is 15.9. The molecule has 1 aromatic heterocycles. The lowest BCUT2D eigenvalue weighted by Gasteiger charge is -2.25. The standard InChI is InChI=1S/C18H31N3O3/c1-17(2,3)21-13-10-8-7-9-11-14(16(13)19-20-21)23-12-15(22)24-18(4,5)6/h14H,7-12H2,1-6H3. The summed E-state index contributed by atoms with van der Waals surface area (Å²) in [4.78, 5) is 11.9. The van der Waals surface area contributed by atoms with E-state index in [1.54, 1.807) is 0 Å². The first-order chi connectivity index (χ1) is 11.1. The summed E-state index contributed by atoms with van der Waals surface area (Å²) in [5.41, 5.74) is 1.40. The highest BCUT2D eigenvalue weighted by Gasteiger charge is 2.29. The van der Waals surface area contributed by atoms with Crippen LogP contribution in [0.15, 0.2) is 0 Å². The number of rotatable bonds is 3. The van der Waals surface area contributed by atoms with Crippen LogP contribution < -0.4 is 0 Å². The van der Waals surface area contributed by atoms with Gasteiger partial charge in [-0.25, -0.2) is 9.48 Å². The second kappa shape index (κ2) is 7.21. The van der Waals surface area contributed by atoms with Crippen molar-refractivity contribution in [1.82, 2.24) is 15.0 Å². The normalized spacial score (nSPS) is 19.3. The van der Waals surface area contributed by atoms with Gasteiger partial charge in [-0.05, 0) is 60.8 Å². The van der Waals surface area contributed by atoms with Gasteiger partial charge in [-0.2, -0.15) is 0 Å². The van der Waals surface area contributed by atoms with E-state index in [-0.39, 0.29) is 24.2 Å². The lowest BCUT2D eigenvalue weighted by Crippen LogP contribution is -2.28. The van der Waals surface area contributed by atoms with Crippen LogP contribution in [0.5, 0.6) is 0 Å². The molecule has 1 aliphatic rings. The molecule has 136 valence electrons. The number of carbonyl (C=O) groups excluding carboxylic acids is 1.